The van der Waals surface area contributed by atoms with Crippen molar-refractivity contribution >= 4 is 21.8 Å². The Morgan fingerprint density at radius 1 is 1.14 bits per heavy atom. The third kappa shape index (κ3) is 1.63. The molecule has 1 aliphatic carbocycles. The first kappa shape index (κ1) is 12.7. The van der Waals surface area contributed by atoms with E-state index >= 15 is 0 Å². The van der Waals surface area contributed by atoms with Crippen molar-refractivity contribution in [2.24, 2.45) is 11.8 Å². The van der Waals surface area contributed by atoms with Gasteiger partial charge in [0, 0.05) is 48.2 Å². The van der Waals surface area contributed by atoms with E-state index in [0.29, 0.717) is 24.5 Å². The van der Waals surface area contributed by atoms with Crippen molar-refractivity contribution < 1.29 is 9.67 Å². The fourth-order valence-electron chi connectivity index (χ4n) is 4.78. The van der Waals surface area contributed by atoms with Crippen LogP contribution in [0.1, 0.15) is 31.0 Å². The van der Waals surface area contributed by atoms with E-state index in [0.717, 1.165) is 6.42 Å². The minimum Gasteiger partial charge on any atom is -0.396 e. The Kier molecular flexibility index (Phi) is 2.62. The van der Waals surface area contributed by atoms with Gasteiger partial charge in [-0.25, -0.2) is 0 Å². The zero-order valence-corrected chi connectivity index (χ0v) is 12.6. The van der Waals surface area contributed by atoms with E-state index in [1.54, 1.807) is 0 Å². The molecule has 2 bridgehead atoms. The summed E-state index contributed by atoms with van der Waals surface area (Å²) in [7, 11) is 0. The standard InChI is InChI=1S/C19H20N2O/c22-11-12-5-6-14-9-13(12)10-18-19-16(7-8-21(14)18)15-3-1-2-4-17(15)20-19/h1-4,7-8,12-14,22H,5-6,9-11H2/p+1/t12-,13-,14+/m0/s1. The summed E-state index contributed by atoms with van der Waals surface area (Å²) in [4.78, 5) is 3.64. The molecule has 1 aromatic carbocycles. The predicted molar refractivity (Wildman–Crippen MR) is 86.7 cm³/mol. The topological polar surface area (TPSA) is 39.9 Å². The fourth-order valence-corrected chi connectivity index (χ4v) is 4.78. The van der Waals surface area contributed by atoms with Crippen molar-refractivity contribution in [1.82, 2.24) is 4.98 Å². The second-order valence-corrected chi connectivity index (χ2v) is 7.00. The first-order chi connectivity index (χ1) is 10.8. The summed E-state index contributed by atoms with van der Waals surface area (Å²) in [6, 6.07) is 11.5. The number of rotatable bonds is 1. The van der Waals surface area contributed by atoms with Crippen molar-refractivity contribution in [3.8, 4) is 0 Å². The number of hydrogen-bond acceptors (Lipinski definition) is 1. The molecule has 2 aliphatic rings. The van der Waals surface area contributed by atoms with Gasteiger partial charge in [-0.2, -0.15) is 4.57 Å². The molecule has 0 radical (unpaired) electrons. The van der Waals surface area contributed by atoms with Crippen LogP contribution in [0.15, 0.2) is 36.5 Å². The number of aliphatic hydroxyl groups is 1. The monoisotopic (exact) mass is 293 g/mol. The largest absolute Gasteiger partial charge is 0.396 e. The van der Waals surface area contributed by atoms with E-state index in [1.165, 1.54) is 46.8 Å². The highest BCUT2D eigenvalue weighted by atomic mass is 16.3. The van der Waals surface area contributed by atoms with E-state index < -0.39 is 0 Å². The number of pyridine rings is 1. The molecule has 3 atom stereocenters. The molecule has 0 spiro atoms. The van der Waals surface area contributed by atoms with Crippen molar-refractivity contribution in [3.63, 3.8) is 0 Å². The van der Waals surface area contributed by atoms with Gasteiger partial charge < -0.3 is 10.1 Å². The Morgan fingerprint density at radius 3 is 2.95 bits per heavy atom. The second-order valence-electron chi connectivity index (χ2n) is 7.00. The third-order valence-electron chi connectivity index (χ3n) is 5.94. The van der Waals surface area contributed by atoms with Crippen LogP contribution in [-0.4, -0.2) is 16.7 Å². The summed E-state index contributed by atoms with van der Waals surface area (Å²) in [6.07, 6.45) is 6.98. The van der Waals surface area contributed by atoms with Gasteiger partial charge >= 0.3 is 0 Å². The molecule has 1 saturated carbocycles. The highest BCUT2D eigenvalue weighted by Crippen LogP contribution is 2.40. The van der Waals surface area contributed by atoms with Gasteiger partial charge in [-0.15, -0.1) is 0 Å². The molecule has 0 unspecified atom stereocenters. The van der Waals surface area contributed by atoms with E-state index in [-0.39, 0.29) is 0 Å². The van der Waals surface area contributed by atoms with Crippen LogP contribution in [0, 0.1) is 11.8 Å². The zero-order valence-electron chi connectivity index (χ0n) is 12.6. The van der Waals surface area contributed by atoms with Gasteiger partial charge in [0.2, 0.25) is 5.69 Å². The lowest BCUT2D eigenvalue weighted by Crippen LogP contribution is -2.52. The highest BCUT2D eigenvalue weighted by molar-refractivity contribution is 6.07. The molecule has 1 fully saturated rings. The van der Waals surface area contributed by atoms with Crippen molar-refractivity contribution in [2.45, 2.75) is 31.7 Å². The Morgan fingerprint density at radius 2 is 2.05 bits per heavy atom. The lowest BCUT2D eigenvalue weighted by molar-refractivity contribution is -0.739. The van der Waals surface area contributed by atoms with Crippen molar-refractivity contribution in [2.75, 3.05) is 6.61 Å². The van der Waals surface area contributed by atoms with Gasteiger partial charge in [-0.05, 0) is 24.3 Å². The van der Waals surface area contributed by atoms with Gasteiger partial charge in [0.25, 0.3) is 0 Å². The molecule has 112 valence electrons. The van der Waals surface area contributed by atoms with Crippen molar-refractivity contribution in [1.29, 1.82) is 0 Å². The van der Waals surface area contributed by atoms with Gasteiger partial charge in [-0.1, -0.05) is 18.2 Å². The maximum atomic E-state index is 9.66. The molecule has 0 saturated heterocycles. The summed E-state index contributed by atoms with van der Waals surface area (Å²) < 4.78 is 2.50. The number of nitrogens with one attached hydrogen (secondary N) is 1. The Bertz CT molecular complexity index is 866. The van der Waals surface area contributed by atoms with Gasteiger partial charge in [0.05, 0.1) is 0 Å². The fraction of sp³-hybridized carbons (Fsp3) is 0.421. The number of H-pyrrole nitrogens is 1. The maximum absolute atomic E-state index is 9.66. The minimum absolute atomic E-state index is 0.347. The number of hydrogen-bond donors (Lipinski definition) is 2. The average molecular weight is 293 g/mol. The summed E-state index contributed by atoms with van der Waals surface area (Å²) in [5, 5.41) is 12.3. The first-order valence-corrected chi connectivity index (χ1v) is 8.39. The molecule has 22 heavy (non-hydrogen) atoms. The van der Waals surface area contributed by atoms with Crippen LogP contribution in [0.25, 0.3) is 21.8 Å². The summed E-state index contributed by atoms with van der Waals surface area (Å²) in [6.45, 7) is 0.347. The molecule has 2 aromatic heterocycles. The van der Waals surface area contributed by atoms with Crippen LogP contribution in [0.3, 0.4) is 0 Å². The number of fused-ring (bicyclic) bond motifs is 8. The normalized spacial score (nSPS) is 27.2. The molecule has 3 aromatic rings. The van der Waals surface area contributed by atoms with Gasteiger partial charge in [0.15, 0.2) is 12.2 Å². The van der Waals surface area contributed by atoms with Gasteiger partial charge in [-0.3, -0.25) is 0 Å². The molecule has 2 N–H and O–H groups in total. The quantitative estimate of drug-likeness (QED) is 0.665. The number of aliphatic hydroxyl groups excluding tert-OH is 1. The number of aromatic amines is 1. The molecule has 3 heterocycles. The van der Waals surface area contributed by atoms with Crippen LogP contribution in [-0.2, 0) is 6.42 Å². The molecular weight excluding hydrogens is 272 g/mol. The lowest BCUT2D eigenvalue weighted by Gasteiger charge is -2.36. The molecule has 1 aliphatic heterocycles. The Balaban J connectivity index is 1.75. The van der Waals surface area contributed by atoms with Crippen LogP contribution in [0.2, 0.25) is 0 Å². The minimum atomic E-state index is 0.347. The van der Waals surface area contributed by atoms with E-state index in [1.807, 2.05) is 0 Å². The van der Waals surface area contributed by atoms with Gasteiger partial charge in [0.1, 0.15) is 5.52 Å². The maximum Gasteiger partial charge on any atom is 0.206 e. The van der Waals surface area contributed by atoms with Crippen LogP contribution in [0.5, 0.6) is 0 Å². The predicted octanol–water partition coefficient (Wildman–Crippen LogP) is 3.11. The second kappa shape index (κ2) is 4.56. The third-order valence-corrected chi connectivity index (χ3v) is 5.94. The van der Waals surface area contributed by atoms with E-state index in [4.69, 9.17) is 0 Å². The SMILES string of the molecule is OC[C@@H]1CC[C@@H]2C[C@H]1Cc1c3[nH]c4ccccc4c3cc[n+]12. The molecule has 3 heteroatoms. The van der Waals surface area contributed by atoms with Crippen LogP contribution < -0.4 is 4.57 Å². The average Bonchev–Trinajstić information content (AvgIpc) is 2.94. The number of aromatic nitrogens is 2. The number of para-hydroxylation sites is 1. The van der Waals surface area contributed by atoms with E-state index in [2.05, 4.69) is 46.1 Å². The summed E-state index contributed by atoms with van der Waals surface area (Å²) >= 11 is 0. The van der Waals surface area contributed by atoms with Crippen LogP contribution >= 0.6 is 0 Å². The molecule has 3 nitrogen and oxygen atoms in total. The zero-order chi connectivity index (χ0) is 14.7. The Hall–Kier alpha value is -1.87. The molecule has 5 rings (SSSR count). The van der Waals surface area contributed by atoms with E-state index in [9.17, 15) is 5.11 Å². The molecule has 0 amide bonds. The Labute approximate surface area is 129 Å². The smallest absolute Gasteiger partial charge is 0.206 e. The highest BCUT2D eigenvalue weighted by Gasteiger charge is 2.42. The van der Waals surface area contributed by atoms with Crippen LogP contribution in [0.4, 0.5) is 0 Å². The molecular formula is C19H21N2O+. The summed E-state index contributed by atoms with van der Waals surface area (Å²) in [5.41, 5.74) is 3.96. The number of nitrogens with zero attached hydrogens (tertiary/aromatic N) is 1. The number of benzene rings is 1. The van der Waals surface area contributed by atoms with Crippen molar-refractivity contribution in [3.05, 3.63) is 42.2 Å². The lowest BCUT2D eigenvalue weighted by atomic mass is 9.72. The summed E-state index contributed by atoms with van der Waals surface area (Å²) in [5.74, 6) is 1.13. The first-order valence-electron chi connectivity index (χ1n) is 8.39.